The first-order valence-electron chi connectivity index (χ1n) is 7.16. The number of nitro groups is 1. The summed E-state index contributed by atoms with van der Waals surface area (Å²) in [5.41, 5.74) is 1.79. The molecule has 2 aromatic carbocycles. The molecule has 0 N–H and O–H groups in total. The van der Waals surface area contributed by atoms with Crippen molar-refractivity contribution in [3.63, 3.8) is 0 Å². The Morgan fingerprint density at radius 3 is 2.22 bits per heavy atom. The standard InChI is InChI=1S/C17H19N2O4/c1-19(2,12-14-8-10-16(11-9-14)18(21)22)17(20)23-13-15-6-4-3-5-7-15/h3-11H,12-13H2,1-2H3/q+1. The van der Waals surface area contributed by atoms with E-state index in [9.17, 15) is 14.9 Å². The fourth-order valence-electron chi connectivity index (χ4n) is 2.14. The van der Waals surface area contributed by atoms with Crippen molar-refractivity contribution in [2.75, 3.05) is 14.1 Å². The van der Waals surface area contributed by atoms with Crippen molar-refractivity contribution in [3.8, 4) is 0 Å². The normalized spacial score (nSPS) is 11.0. The van der Waals surface area contributed by atoms with Gasteiger partial charge in [-0.25, -0.2) is 4.48 Å². The first-order valence-corrected chi connectivity index (χ1v) is 7.16. The van der Waals surface area contributed by atoms with Gasteiger partial charge in [-0.3, -0.25) is 10.1 Å². The molecule has 0 heterocycles. The zero-order valence-corrected chi connectivity index (χ0v) is 13.1. The monoisotopic (exact) mass is 315 g/mol. The summed E-state index contributed by atoms with van der Waals surface area (Å²) in [7, 11) is 3.49. The molecule has 120 valence electrons. The van der Waals surface area contributed by atoms with Gasteiger partial charge in [0.2, 0.25) is 0 Å². The summed E-state index contributed by atoms with van der Waals surface area (Å²) >= 11 is 0. The first kappa shape index (κ1) is 16.6. The Hall–Kier alpha value is -2.73. The van der Waals surface area contributed by atoms with Crippen molar-refractivity contribution in [2.45, 2.75) is 13.2 Å². The Labute approximate surface area is 134 Å². The molecular formula is C17H19N2O4+. The lowest BCUT2D eigenvalue weighted by Crippen LogP contribution is -2.44. The van der Waals surface area contributed by atoms with E-state index >= 15 is 0 Å². The molecule has 1 amide bonds. The van der Waals surface area contributed by atoms with Gasteiger partial charge in [0.25, 0.3) is 5.69 Å². The molecular weight excluding hydrogens is 296 g/mol. The molecule has 0 bridgehead atoms. The Balaban J connectivity index is 1.97. The number of nitro benzene ring substituents is 1. The molecule has 6 heteroatoms. The van der Waals surface area contributed by atoms with Crippen molar-refractivity contribution in [3.05, 3.63) is 75.8 Å². The summed E-state index contributed by atoms with van der Waals surface area (Å²) < 4.78 is 5.36. The van der Waals surface area contributed by atoms with Gasteiger partial charge in [-0.2, -0.15) is 4.79 Å². The van der Waals surface area contributed by atoms with Crippen LogP contribution in [0.3, 0.4) is 0 Å². The van der Waals surface area contributed by atoms with Crippen LogP contribution in [-0.2, 0) is 17.9 Å². The number of carbonyl (C=O) groups is 1. The molecule has 0 aliphatic rings. The maximum atomic E-state index is 12.3. The lowest BCUT2D eigenvalue weighted by molar-refractivity contribution is -0.831. The van der Waals surface area contributed by atoms with E-state index < -0.39 is 4.92 Å². The van der Waals surface area contributed by atoms with E-state index in [0.717, 1.165) is 11.1 Å². The minimum atomic E-state index is -0.447. The number of ether oxygens (including phenoxy) is 1. The highest BCUT2D eigenvalue weighted by molar-refractivity contribution is 5.59. The molecule has 2 aromatic rings. The minimum absolute atomic E-state index is 0.00461. The zero-order chi connectivity index (χ0) is 16.9. The molecule has 2 rings (SSSR count). The summed E-state index contributed by atoms with van der Waals surface area (Å²) in [6, 6.07) is 15.6. The van der Waals surface area contributed by atoms with Crippen LogP contribution < -0.4 is 0 Å². The first-order chi connectivity index (χ1) is 10.9. The van der Waals surface area contributed by atoms with Crippen molar-refractivity contribution < 1.29 is 18.9 Å². The molecule has 6 nitrogen and oxygen atoms in total. The number of hydrogen-bond acceptors (Lipinski definition) is 4. The molecule has 0 radical (unpaired) electrons. The van der Waals surface area contributed by atoms with Gasteiger partial charge in [0.1, 0.15) is 13.2 Å². The van der Waals surface area contributed by atoms with Crippen molar-refractivity contribution in [2.24, 2.45) is 0 Å². The minimum Gasteiger partial charge on any atom is -0.415 e. The quantitative estimate of drug-likeness (QED) is 0.481. The van der Waals surface area contributed by atoms with Gasteiger partial charge in [0.15, 0.2) is 0 Å². The van der Waals surface area contributed by atoms with Crippen molar-refractivity contribution in [1.82, 2.24) is 0 Å². The summed E-state index contributed by atoms with van der Waals surface area (Å²) in [5, 5.41) is 10.7. The van der Waals surface area contributed by atoms with Crippen LogP contribution in [0.2, 0.25) is 0 Å². The van der Waals surface area contributed by atoms with Crippen LogP contribution in [0.1, 0.15) is 11.1 Å². The number of nitrogens with zero attached hydrogens (tertiary/aromatic N) is 2. The van der Waals surface area contributed by atoms with Gasteiger partial charge in [0.05, 0.1) is 19.0 Å². The highest BCUT2D eigenvalue weighted by atomic mass is 16.6. The summed E-state index contributed by atoms with van der Waals surface area (Å²) in [6.07, 6.45) is -0.354. The van der Waals surface area contributed by atoms with Gasteiger partial charge >= 0.3 is 6.09 Å². The SMILES string of the molecule is C[N+](C)(Cc1ccc([N+](=O)[O-])cc1)C(=O)OCc1ccccc1. The third-order valence-electron chi connectivity index (χ3n) is 3.42. The van der Waals surface area contributed by atoms with Gasteiger partial charge in [-0.05, 0) is 17.7 Å². The van der Waals surface area contributed by atoms with E-state index in [4.69, 9.17) is 4.74 Å². The Kier molecular flexibility index (Phi) is 5.08. The number of hydrogen-bond donors (Lipinski definition) is 0. The molecule has 0 atom stereocenters. The average Bonchev–Trinajstić information content (AvgIpc) is 2.53. The van der Waals surface area contributed by atoms with Crippen LogP contribution in [0.25, 0.3) is 0 Å². The highest BCUT2D eigenvalue weighted by Crippen LogP contribution is 2.16. The van der Waals surface area contributed by atoms with Crippen LogP contribution in [0.4, 0.5) is 10.5 Å². The van der Waals surface area contributed by atoms with E-state index in [-0.39, 0.29) is 22.9 Å². The van der Waals surface area contributed by atoms with E-state index in [2.05, 4.69) is 0 Å². The van der Waals surface area contributed by atoms with E-state index in [1.807, 2.05) is 30.3 Å². The number of benzene rings is 2. The fraction of sp³-hybridized carbons (Fsp3) is 0.235. The van der Waals surface area contributed by atoms with Crippen molar-refractivity contribution >= 4 is 11.8 Å². The summed E-state index contributed by atoms with van der Waals surface area (Å²) in [6.45, 7) is 0.618. The van der Waals surface area contributed by atoms with E-state index in [0.29, 0.717) is 6.54 Å². The van der Waals surface area contributed by atoms with E-state index in [1.54, 1.807) is 26.2 Å². The van der Waals surface area contributed by atoms with Gasteiger partial charge in [0, 0.05) is 17.7 Å². The molecule has 0 unspecified atom stereocenters. The van der Waals surface area contributed by atoms with Gasteiger partial charge in [-0.15, -0.1) is 0 Å². The maximum absolute atomic E-state index is 12.3. The van der Waals surface area contributed by atoms with Crippen LogP contribution in [0.15, 0.2) is 54.6 Å². The maximum Gasteiger partial charge on any atom is 0.516 e. The third kappa shape index (κ3) is 4.62. The van der Waals surface area contributed by atoms with Crippen LogP contribution in [0, 0.1) is 10.1 Å². The number of non-ortho nitro benzene ring substituents is 1. The van der Waals surface area contributed by atoms with Crippen LogP contribution in [0.5, 0.6) is 0 Å². The molecule has 0 saturated carbocycles. The van der Waals surface area contributed by atoms with Gasteiger partial charge in [-0.1, -0.05) is 30.3 Å². The molecule has 0 spiro atoms. The second-order valence-corrected chi connectivity index (χ2v) is 5.81. The Morgan fingerprint density at radius 1 is 1.04 bits per heavy atom. The molecule has 0 saturated heterocycles. The average molecular weight is 315 g/mol. The lowest BCUT2D eigenvalue weighted by Gasteiger charge is -2.25. The van der Waals surface area contributed by atoms with E-state index in [1.165, 1.54) is 12.1 Å². The molecule has 0 fully saturated rings. The second-order valence-electron chi connectivity index (χ2n) is 5.81. The summed E-state index contributed by atoms with van der Waals surface area (Å²) in [5.74, 6) is 0. The molecule has 23 heavy (non-hydrogen) atoms. The Bertz CT molecular complexity index is 681. The summed E-state index contributed by atoms with van der Waals surface area (Å²) in [4.78, 5) is 22.5. The highest BCUT2D eigenvalue weighted by Gasteiger charge is 2.29. The third-order valence-corrected chi connectivity index (χ3v) is 3.42. The Morgan fingerprint density at radius 2 is 1.65 bits per heavy atom. The predicted octanol–water partition coefficient (Wildman–Crippen LogP) is 3.51. The fourth-order valence-corrected chi connectivity index (χ4v) is 2.14. The topological polar surface area (TPSA) is 69.4 Å². The second kappa shape index (κ2) is 7.02. The smallest absolute Gasteiger partial charge is 0.415 e. The number of amides is 1. The van der Waals surface area contributed by atoms with Gasteiger partial charge < -0.3 is 4.74 Å². The zero-order valence-electron chi connectivity index (χ0n) is 13.1. The lowest BCUT2D eigenvalue weighted by atomic mass is 10.2. The van der Waals surface area contributed by atoms with Crippen LogP contribution >= 0.6 is 0 Å². The largest absolute Gasteiger partial charge is 0.516 e. The van der Waals surface area contributed by atoms with Crippen molar-refractivity contribution in [1.29, 1.82) is 0 Å². The number of carbonyl (C=O) groups excluding carboxylic acids is 1. The number of quaternary nitrogens is 1. The molecule has 0 aliphatic carbocycles. The van der Waals surface area contributed by atoms with Crippen LogP contribution in [-0.4, -0.2) is 29.6 Å². The molecule has 0 aromatic heterocycles. The number of rotatable bonds is 5. The molecule has 0 aliphatic heterocycles. The predicted molar refractivity (Wildman–Crippen MR) is 85.5 cm³/mol.